The van der Waals surface area contributed by atoms with Crippen molar-refractivity contribution < 1.29 is 60.3 Å². The van der Waals surface area contributed by atoms with Crippen LogP contribution in [0.3, 0.4) is 0 Å². The number of hydrogen-bond acceptors (Lipinski definition) is 6. The SMILES string of the molecule is CC(C)Cc1cc(-c2[c-]ccc(-c3ccccc3)c2)ncc1-c1ccc([Si](C)(C)C)cc1.CC(C)Cc1cc([Si](C)(C)C)ccc1-c1ccc(-c2[c-]ccc(-c3ccccc3)c2)nc1.Cc1cc([Si](C)(C)C)ccc1-c1ccc(-c2[c-]ccc(-c3ccccc3)c2)nc1.[Ir].[Ir].[Ir].[c-]1ccccc1-c1ccccn1.[c-]1ccccc1-c1ccccn1.[c-]1ccccc1-c1ccccn1. The molecule has 0 fully saturated rings. The summed E-state index contributed by atoms with van der Waals surface area (Å²) in [7, 11) is -3.94. The van der Waals surface area contributed by atoms with Crippen LogP contribution in [0.25, 0.3) is 134 Å². The Kier molecular flexibility index (Phi) is 38.8. The summed E-state index contributed by atoms with van der Waals surface area (Å²) in [5.74, 6) is 1.19. The molecule has 0 saturated carbocycles. The zero-order chi connectivity index (χ0) is 90.5. The van der Waals surface area contributed by atoms with Crippen LogP contribution < -0.4 is 15.6 Å². The molecule has 0 aliphatic rings. The summed E-state index contributed by atoms with van der Waals surface area (Å²) in [5.41, 5.74) is 30.7. The van der Waals surface area contributed by atoms with Gasteiger partial charge in [0.2, 0.25) is 0 Å². The van der Waals surface area contributed by atoms with Crippen LogP contribution in [0.5, 0.6) is 0 Å². The molecule has 6 aromatic heterocycles. The van der Waals surface area contributed by atoms with Gasteiger partial charge in [0.15, 0.2) is 0 Å². The molecule has 18 aromatic rings. The summed E-state index contributed by atoms with van der Waals surface area (Å²) in [6.45, 7) is 32.9. The second kappa shape index (κ2) is 50.1. The fraction of sp³-hybridized carbons (Fsp3) is 0.150. The van der Waals surface area contributed by atoms with Gasteiger partial charge in [-0.15, -0.1) is 214 Å². The first-order valence-electron chi connectivity index (χ1n) is 44.6. The Balaban J connectivity index is 0.000000171. The average molecular weight is 2300 g/mol. The van der Waals surface area contributed by atoms with E-state index in [-0.39, 0.29) is 60.3 Å². The van der Waals surface area contributed by atoms with Crippen LogP contribution in [0.4, 0.5) is 0 Å². The number of pyridine rings is 6. The maximum Gasteiger partial charge on any atom is 0.0776 e. The van der Waals surface area contributed by atoms with E-state index in [0.717, 1.165) is 85.9 Å². The smallest absolute Gasteiger partial charge is 0.0776 e. The Morgan fingerprint density at radius 2 is 0.545 bits per heavy atom. The van der Waals surface area contributed by atoms with Gasteiger partial charge in [0.25, 0.3) is 0 Å². The summed E-state index contributed by atoms with van der Waals surface area (Å²) in [6, 6.07) is 145. The summed E-state index contributed by atoms with van der Waals surface area (Å²) < 4.78 is 0. The molecule has 0 atom stereocenters. The van der Waals surface area contributed by atoms with Crippen molar-refractivity contribution in [3.63, 3.8) is 0 Å². The van der Waals surface area contributed by atoms with Crippen LogP contribution in [-0.2, 0) is 73.2 Å². The van der Waals surface area contributed by atoms with Gasteiger partial charge in [0.05, 0.1) is 24.2 Å². The maximum atomic E-state index is 4.88. The largest absolute Gasteiger partial charge is 0.305 e. The molecule has 0 bridgehead atoms. The van der Waals surface area contributed by atoms with E-state index < -0.39 is 24.2 Å². The summed E-state index contributed by atoms with van der Waals surface area (Å²) in [6.07, 6.45) is 13.5. The minimum Gasteiger partial charge on any atom is -0.305 e. The van der Waals surface area contributed by atoms with Crippen LogP contribution >= 0.6 is 0 Å². The van der Waals surface area contributed by atoms with Crippen molar-refractivity contribution in [3.05, 3.63) is 454 Å². The van der Waals surface area contributed by atoms with Gasteiger partial charge in [-0.2, -0.15) is 0 Å². The number of aryl methyl sites for hydroxylation is 1. The fourth-order valence-electron chi connectivity index (χ4n) is 15.0. The van der Waals surface area contributed by atoms with Gasteiger partial charge in [0.1, 0.15) is 0 Å². The first kappa shape index (κ1) is 102. The number of benzene rings is 12. The number of aromatic nitrogens is 6. The first-order valence-corrected chi connectivity index (χ1v) is 55.1. The minimum absolute atomic E-state index is 0. The van der Waals surface area contributed by atoms with Crippen molar-refractivity contribution in [2.45, 2.75) is 106 Å². The third-order valence-electron chi connectivity index (χ3n) is 22.0. The van der Waals surface area contributed by atoms with Gasteiger partial charge in [-0.25, -0.2) is 0 Å². The average Bonchev–Trinajstić information content (AvgIpc) is 0.805. The van der Waals surface area contributed by atoms with E-state index in [1.807, 2.05) is 176 Å². The monoisotopic (exact) mass is 2300 g/mol. The summed E-state index contributed by atoms with van der Waals surface area (Å²) in [5, 5.41) is 4.51. The van der Waals surface area contributed by atoms with E-state index in [1.54, 1.807) is 18.6 Å². The summed E-state index contributed by atoms with van der Waals surface area (Å²) >= 11 is 0. The second-order valence-electron chi connectivity index (χ2n) is 36.1. The second-order valence-corrected chi connectivity index (χ2v) is 51.3. The Labute approximate surface area is 829 Å². The standard InChI is InChI=1S/2C30H32NSi.C27H26NSi.3C11H8N.3Ir/c1-22(2)18-27-20-28(32(3,4)5)15-16-29(27)26-14-17-30(31-21-26)25-13-9-12-24(19-25)23-10-7-6-8-11-23;1-22(2)18-27-20-30(26-13-9-12-25(19-26)23-10-7-6-8-11-23)31-21-29(27)24-14-16-28(17-15-24)32(3,4)5;1-20-17-25(29(2,3)4)14-15-26(20)24-13-16-27(28-19-24)23-12-8-11-22(18-23)21-9-6-5-7-10-21;3*1-2-6-10(7-3-1)11-8-4-5-9-12-11;;;/h2*6-12,14-17,19-22H,18H2,1-5H3;5-11,13-19H,1-4H3;3*1-6,8-9H;;;/q6*-1;;;. The Bertz CT molecular complexity index is 6200. The predicted octanol–water partition coefficient (Wildman–Crippen LogP) is 29.6. The van der Waals surface area contributed by atoms with Crippen molar-refractivity contribution in [1.29, 1.82) is 0 Å². The van der Waals surface area contributed by atoms with Crippen LogP contribution in [0.2, 0.25) is 58.9 Å². The Hall–Kier alpha value is -11.9. The molecule has 3 radical (unpaired) electrons. The normalized spacial score (nSPS) is 10.8. The molecule has 12 heteroatoms. The van der Waals surface area contributed by atoms with Crippen LogP contribution in [0.15, 0.2) is 401 Å². The van der Waals surface area contributed by atoms with Crippen molar-refractivity contribution in [2.24, 2.45) is 11.8 Å². The van der Waals surface area contributed by atoms with E-state index in [2.05, 4.69) is 351 Å². The van der Waals surface area contributed by atoms with Crippen molar-refractivity contribution in [1.82, 2.24) is 29.9 Å². The molecular formula is C120H114Ir3N6Si3-6. The zero-order valence-electron chi connectivity index (χ0n) is 77.9. The topological polar surface area (TPSA) is 77.3 Å². The molecular weight excluding hydrogens is 2190 g/mol. The van der Waals surface area contributed by atoms with Crippen LogP contribution in [-0.4, -0.2) is 54.1 Å². The van der Waals surface area contributed by atoms with Gasteiger partial charge in [0, 0.05) is 103 Å². The quantitative estimate of drug-likeness (QED) is 0.0593. The van der Waals surface area contributed by atoms with E-state index in [9.17, 15) is 0 Å². The molecule has 12 aromatic carbocycles. The third-order valence-corrected chi connectivity index (χ3v) is 28.2. The van der Waals surface area contributed by atoms with Gasteiger partial charge in [-0.05, 0) is 145 Å². The van der Waals surface area contributed by atoms with Crippen LogP contribution in [0.1, 0.15) is 44.4 Å². The van der Waals surface area contributed by atoms with E-state index in [0.29, 0.717) is 11.8 Å². The molecule has 18 rings (SSSR count). The zero-order valence-corrected chi connectivity index (χ0v) is 88.0. The van der Waals surface area contributed by atoms with Crippen molar-refractivity contribution in [2.75, 3.05) is 0 Å². The number of nitrogens with zero attached hydrogens (tertiary/aromatic N) is 6. The van der Waals surface area contributed by atoms with Gasteiger partial charge in [-0.1, -0.05) is 321 Å². The fourth-order valence-corrected chi connectivity index (χ4v) is 18.6. The molecule has 0 unspecified atom stereocenters. The molecule has 0 spiro atoms. The summed E-state index contributed by atoms with van der Waals surface area (Å²) in [4.78, 5) is 27.1. The molecule has 0 aliphatic carbocycles. The molecule has 0 N–H and O–H groups in total. The molecule has 0 amide bonds. The van der Waals surface area contributed by atoms with Gasteiger partial charge >= 0.3 is 0 Å². The molecule has 132 heavy (non-hydrogen) atoms. The van der Waals surface area contributed by atoms with E-state index in [4.69, 9.17) is 15.0 Å². The number of rotatable bonds is 19. The van der Waals surface area contributed by atoms with Crippen molar-refractivity contribution >= 4 is 39.8 Å². The molecule has 669 valence electrons. The minimum atomic E-state index is -1.35. The predicted molar refractivity (Wildman–Crippen MR) is 554 cm³/mol. The Morgan fingerprint density at radius 1 is 0.227 bits per heavy atom. The Morgan fingerprint density at radius 3 is 0.886 bits per heavy atom. The molecule has 0 aliphatic heterocycles. The molecule has 6 heterocycles. The third kappa shape index (κ3) is 29.8. The first-order chi connectivity index (χ1) is 62.4. The van der Waals surface area contributed by atoms with E-state index >= 15 is 0 Å². The van der Waals surface area contributed by atoms with Crippen LogP contribution in [0, 0.1) is 55.2 Å². The van der Waals surface area contributed by atoms with Crippen molar-refractivity contribution in [3.8, 4) is 134 Å². The van der Waals surface area contributed by atoms with Gasteiger partial charge < -0.3 is 29.9 Å². The van der Waals surface area contributed by atoms with Gasteiger partial charge in [-0.3, -0.25) is 0 Å². The molecule has 0 saturated heterocycles. The number of hydrogen-bond donors (Lipinski definition) is 0. The molecule has 6 nitrogen and oxygen atoms in total. The van der Waals surface area contributed by atoms with E-state index in [1.165, 1.54) is 93.4 Å². The maximum absolute atomic E-state index is 4.88.